The largest absolute Gasteiger partial charge is 0.478 e. The first-order valence-electron chi connectivity index (χ1n) is 6.75. The molecule has 7 heteroatoms. The summed E-state index contributed by atoms with van der Waals surface area (Å²) in [6.45, 7) is 4.81. The van der Waals surface area contributed by atoms with Crippen LogP contribution in [-0.2, 0) is 10.0 Å². The maximum atomic E-state index is 13.3. The van der Waals surface area contributed by atoms with Crippen LogP contribution in [0.3, 0.4) is 0 Å². The number of hydrogen-bond acceptors (Lipinski definition) is 3. The molecule has 0 unspecified atom stereocenters. The molecular weight excluding hydrogens is 321 g/mol. The molecule has 0 saturated carbocycles. The van der Waals surface area contributed by atoms with Gasteiger partial charge in [-0.15, -0.1) is 0 Å². The number of anilines is 1. The van der Waals surface area contributed by atoms with Gasteiger partial charge in [0.15, 0.2) is 0 Å². The molecule has 2 aromatic rings. The van der Waals surface area contributed by atoms with Crippen molar-refractivity contribution in [3.63, 3.8) is 0 Å². The van der Waals surface area contributed by atoms with Crippen LogP contribution in [0.2, 0.25) is 0 Å². The van der Waals surface area contributed by atoms with E-state index in [1.54, 1.807) is 20.8 Å². The highest BCUT2D eigenvalue weighted by Gasteiger charge is 2.21. The molecule has 0 radical (unpaired) electrons. The molecule has 0 aliphatic rings. The van der Waals surface area contributed by atoms with Gasteiger partial charge in [-0.05, 0) is 55.7 Å². The normalized spacial score (nSPS) is 11.3. The van der Waals surface area contributed by atoms with Crippen LogP contribution >= 0.6 is 0 Å². The Labute approximate surface area is 133 Å². The van der Waals surface area contributed by atoms with Crippen molar-refractivity contribution in [2.24, 2.45) is 0 Å². The number of aromatic carboxylic acids is 1. The Kier molecular flexibility index (Phi) is 4.42. The molecule has 0 aliphatic carbocycles. The SMILES string of the molecule is Cc1ccc(F)cc1NS(=O)(=O)c1cc(C(=O)O)c(C)cc1C. The van der Waals surface area contributed by atoms with E-state index in [4.69, 9.17) is 5.11 Å². The second kappa shape index (κ2) is 6.00. The van der Waals surface area contributed by atoms with Crippen molar-refractivity contribution in [3.8, 4) is 0 Å². The minimum absolute atomic E-state index is 0.0908. The van der Waals surface area contributed by atoms with E-state index < -0.39 is 21.8 Å². The van der Waals surface area contributed by atoms with Crippen LogP contribution in [0.1, 0.15) is 27.0 Å². The summed E-state index contributed by atoms with van der Waals surface area (Å²) in [6, 6.07) is 6.37. The Balaban J connectivity index is 2.54. The van der Waals surface area contributed by atoms with Crippen LogP contribution in [0.15, 0.2) is 35.2 Å². The molecule has 0 fully saturated rings. The zero-order valence-electron chi connectivity index (χ0n) is 12.8. The lowest BCUT2D eigenvalue weighted by molar-refractivity contribution is 0.0696. The second-order valence-electron chi connectivity index (χ2n) is 5.30. The Bertz CT molecular complexity index is 891. The minimum Gasteiger partial charge on any atom is -0.478 e. The molecule has 0 atom stereocenters. The number of rotatable bonds is 4. The van der Waals surface area contributed by atoms with E-state index in [2.05, 4.69) is 4.72 Å². The highest BCUT2D eigenvalue weighted by molar-refractivity contribution is 7.92. The van der Waals surface area contributed by atoms with E-state index in [1.807, 2.05) is 0 Å². The Hall–Kier alpha value is -2.41. The van der Waals surface area contributed by atoms with E-state index in [9.17, 15) is 17.6 Å². The topological polar surface area (TPSA) is 83.5 Å². The van der Waals surface area contributed by atoms with Crippen LogP contribution in [0.5, 0.6) is 0 Å². The zero-order chi connectivity index (χ0) is 17.4. The van der Waals surface area contributed by atoms with Crippen molar-refractivity contribution in [2.45, 2.75) is 25.7 Å². The fourth-order valence-corrected chi connectivity index (χ4v) is 3.63. The predicted molar refractivity (Wildman–Crippen MR) is 84.8 cm³/mol. The molecule has 0 amide bonds. The molecule has 0 bridgehead atoms. The lowest BCUT2D eigenvalue weighted by atomic mass is 10.1. The molecule has 0 aliphatic heterocycles. The number of benzene rings is 2. The number of halogens is 1. The van der Waals surface area contributed by atoms with Crippen molar-refractivity contribution in [1.82, 2.24) is 0 Å². The molecule has 5 nitrogen and oxygen atoms in total. The van der Waals surface area contributed by atoms with Crippen LogP contribution in [0.4, 0.5) is 10.1 Å². The molecule has 0 aromatic heterocycles. The molecule has 122 valence electrons. The maximum Gasteiger partial charge on any atom is 0.335 e. The van der Waals surface area contributed by atoms with Crippen molar-refractivity contribution >= 4 is 21.7 Å². The lowest BCUT2D eigenvalue weighted by Gasteiger charge is -2.14. The molecule has 2 rings (SSSR count). The summed E-state index contributed by atoms with van der Waals surface area (Å²) in [7, 11) is -4.04. The number of sulfonamides is 1. The summed E-state index contributed by atoms with van der Waals surface area (Å²) in [5, 5.41) is 9.15. The number of carbonyl (C=O) groups is 1. The standard InChI is InChI=1S/C16H16FNO4S/c1-9-4-5-12(17)7-14(9)18-23(21,22)15-8-13(16(19)20)10(2)6-11(15)3/h4-8,18H,1-3H3,(H,19,20). The van der Waals surface area contributed by atoms with Crippen LogP contribution in [0, 0.1) is 26.6 Å². The molecule has 2 N–H and O–H groups in total. The number of aryl methyl sites for hydroxylation is 3. The quantitative estimate of drug-likeness (QED) is 0.897. The monoisotopic (exact) mass is 337 g/mol. The van der Waals surface area contributed by atoms with Gasteiger partial charge in [-0.2, -0.15) is 0 Å². The van der Waals surface area contributed by atoms with Crippen LogP contribution in [-0.4, -0.2) is 19.5 Å². The van der Waals surface area contributed by atoms with Crippen molar-refractivity contribution in [3.05, 3.63) is 58.4 Å². The van der Waals surface area contributed by atoms with Crippen LogP contribution < -0.4 is 4.72 Å². The van der Waals surface area contributed by atoms with Crippen molar-refractivity contribution in [1.29, 1.82) is 0 Å². The van der Waals surface area contributed by atoms with Gasteiger partial charge in [-0.1, -0.05) is 12.1 Å². The van der Waals surface area contributed by atoms with Gasteiger partial charge < -0.3 is 5.11 Å². The van der Waals surface area contributed by atoms with Crippen LogP contribution in [0.25, 0.3) is 0 Å². The predicted octanol–water partition coefficient (Wildman–Crippen LogP) is 3.25. The van der Waals surface area contributed by atoms with Crippen molar-refractivity contribution < 1.29 is 22.7 Å². The molecule has 0 spiro atoms. The summed E-state index contributed by atoms with van der Waals surface area (Å²) in [6.07, 6.45) is 0. The Morgan fingerprint density at radius 1 is 1.04 bits per heavy atom. The highest BCUT2D eigenvalue weighted by Crippen LogP contribution is 2.25. The van der Waals surface area contributed by atoms with Gasteiger partial charge in [0, 0.05) is 0 Å². The number of hydrogen-bond donors (Lipinski definition) is 2. The van der Waals surface area contributed by atoms with Gasteiger partial charge in [0.2, 0.25) is 0 Å². The Morgan fingerprint density at radius 3 is 2.30 bits per heavy atom. The number of nitrogens with one attached hydrogen (secondary N) is 1. The summed E-state index contributed by atoms with van der Waals surface area (Å²) < 4.78 is 40.7. The average molecular weight is 337 g/mol. The molecule has 0 heterocycles. The van der Waals surface area contributed by atoms with Gasteiger partial charge in [0.05, 0.1) is 16.1 Å². The fraction of sp³-hybridized carbons (Fsp3) is 0.188. The van der Waals surface area contributed by atoms with E-state index in [0.717, 1.165) is 12.1 Å². The minimum atomic E-state index is -4.04. The molecule has 0 saturated heterocycles. The summed E-state index contributed by atoms with van der Waals surface area (Å²) in [4.78, 5) is 11.1. The number of carboxylic acids is 1. The summed E-state index contributed by atoms with van der Waals surface area (Å²) in [5.41, 5.74) is 1.46. The first-order valence-corrected chi connectivity index (χ1v) is 8.23. The molecule has 23 heavy (non-hydrogen) atoms. The zero-order valence-corrected chi connectivity index (χ0v) is 13.7. The van der Waals surface area contributed by atoms with E-state index in [-0.39, 0.29) is 16.1 Å². The van der Waals surface area contributed by atoms with Gasteiger partial charge in [0.25, 0.3) is 10.0 Å². The fourth-order valence-electron chi connectivity index (χ4n) is 2.26. The smallest absolute Gasteiger partial charge is 0.335 e. The molecule has 2 aromatic carbocycles. The first-order chi connectivity index (χ1) is 10.6. The summed E-state index contributed by atoms with van der Waals surface area (Å²) in [5.74, 6) is -1.78. The Morgan fingerprint density at radius 2 is 1.70 bits per heavy atom. The van der Waals surface area contributed by atoms with E-state index in [1.165, 1.54) is 18.2 Å². The number of carboxylic acid groups (broad SMARTS) is 1. The first kappa shape index (κ1) is 17.0. The van der Waals surface area contributed by atoms with Gasteiger partial charge in [-0.25, -0.2) is 17.6 Å². The third-order valence-corrected chi connectivity index (χ3v) is 4.99. The van der Waals surface area contributed by atoms with Crippen molar-refractivity contribution in [2.75, 3.05) is 4.72 Å². The second-order valence-corrected chi connectivity index (χ2v) is 6.95. The van der Waals surface area contributed by atoms with E-state index >= 15 is 0 Å². The van der Waals surface area contributed by atoms with Gasteiger partial charge in [-0.3, -0.25) is 4.72 Å². The third-order valence-electron chi connectivity index (χ3n) is 3.49. The average Bonchev–Trinajstić information content (AvgIpc) is 2.41. The third kappa shape index (κ3) is 3.50. The maximum absolute atomic E-state index is 13.3. The van der Waals surface area contributed by atoms with Gasteiger partial charge in [0.1, 0.15) is 5.82 Å². The van der Waals surface area contributed by atoms with E-state index in [0.29, 0.717) is 16.7 Å². The lowest BCUT2D eigenvalue weighted by Crippen LogP contribution is -2.16. The van der Waals surface area contributed by atoms with Gasteiger partial charge >= 0.3 is 5.97 Å². The summed E-state index contributed by atoms with van der Waals surface area (Å²) >= 11 is 0. The molecular formula is C16H16FNO4S. The highest BCUT2D eigenvalue weighted by atomic mass is 32.2.